The fraction of sp³-hybridized carbons (Fsp3) is 0.833. The highest BCUT2D eigenvalue weighted by Gasteiger charge is 2.61. The average molecular weight is 288 g/mol. The van der Waals surface area contributed by atoms with Gasteiger partial charge in [0, 0.05) is 18.4 Å². The van der Waals surface area contributed by atoms with Gasteiger partial charge in [0.05, 0.1) is 6.20 Å². The Hall–Kier alpha value is -0.830. The smallest absolute Gasteiger partial charge is 0.195 e. The number of oxazole rings is 1. The fourth-order valence-electron chi connectivity index (χ4n) is 6.63. The number of nitrogens with zero attached hydrogens (tertiary/aromatic N) is 1. The van der Waals surface area contributed by atoms with Gasteiger partial charge in [0.25, 0.3) is 0 Å². The fourth-order valence-corrected chi connectivity index (χ4v) is 6.63. The van der Waals surface area contributed by atoms with Gasteiger partial charge >= 0.3 is 0 Å². The van der Waals surface area contributed by atoms with Gasteiger partial charge < -0.3 is 9.73 Å². The van der Waals surface area contributed by atoms with E-state index in [-0.39, 0.29) is 5.41 Å². The molecule has 1 aromatic rings. The van der Waals surface area contributed by atoms with Crippen molar-refractivity contribution in [3.63, 3.8) is 0 Å². The SMILES string of the molecule is CNCCc1ncc(C23CC4CC(C)(CC(C)(C4)C2)C3)o1. The zero-order valence-electron chi connectivity index (χ0n) is 13.7. The van der Waals surface area contributed by atoms with Crippen LogP contribution in [0.1, 0.15) is 64.0 Å². The number of hydrogen-bond acceptors (Lipinski definition) is 3. The molecular weight excluding hydrogens is 260 g/mol. The van der Waals surface area contributed by atoms with Crippen LogP contribution < -0.4 is 5.32 Å². The lowest BCUT2D eigenvalue weighted by molar-refractivity contribution is -0.116. The first-order chi connectivity index (χ1) is 9.94. The zero-order chi connectivity index (χ0) is 14.7. The average Bonchev–Trinajstić information content (AvgIpc) is 2.81. The Morgan fingerprint density at radius 2 is 1.90 bits per heavy atom. The summed E-state index contributed by atoms with van der Waals surface area (Å²) in [5.41, 5.74) is 1.35. The predicted octanol–water partition coefficient (Wildman–Crippen LogP) is 3.68. The highest BCUT2D eigenvalue weighted by molar-refractivity contribution is 5.23. The third-order valence-electron chi connectivity index (χ3n) is 6.29. The Bertz CT molecular complexity index is 531. The molecule has 4 aliphatic rings. The van der Waals surface area contributed by atoms with E-state index in [2.05, 4.69) is 24.1 Å². The van der Waals surface area contributed by atoms with Gasteiger partial charge in [0.15, 0.2) is 5.89 Å². The third kappa shape index (κ3) is 2.16. The normalized spacial score (nSPS) is 44.4. The van der Waals surface area contributed by atoms with E-state index in [9.17, 15) is 0 Å². The van der Waals surface area contributed by atoms with Crippen LogP contribution in [0.4, 0.5) is 0 Å². The molecule has 0 radical (unpaired) electrons. The second-order valence-corrected chi connectivity index (χ2v) is 8.88. The first-order valence-corrected chi connectivity index (χ1v) is 8.54. The van der Waals surface area contributed by atoms with Crippen molar-refractivity contribution in [2.75, 3.05) is 13.6 Å². The van der Waals surface area contributed by atoms with Crippen molar-refractivity contribution in [1.82, 2.24) is 10.3 Å². The van der Waals surface area contributed by atoms with Gasteiger partial charge in [-0.2, -0.15) is 0 Å². The van der Waals surface area contributed by atoms with Crippen LogP contribution in [0.3, 0.4) is 0 Å². The molecule has 1 N–H and O–H groups in total. The van der Waals surface area contributed by atoms with Crippen LogP contribution in [-0.2, 0) is 11.8 Å². The number of hydrogen-bond donors (Lipinski definition) is 1. The van der Waals surface area contributed by atoms with Crippen molar-refractivity contribution >= 4 is 0 Å². The summed E-state index contributed by atoms with van der Waals surface area (Å²) in [6.45, 7) is 5.97. The highest BCUT2D eigenvalue weighted by atomic mass is 16.4. The lowest BCUT2D eigenvalue weighted by Crippen LogP contribution is -2.56. The largest absolute Gasteiger partial charge is 0.445 e. The quantitative estimate of drug-likeness (QED) is 0.918. The molecule has 4 saturated carbocycles. The lowest BCUT2D eigenvalue weighted by atomic mass is 9.40. The molecule has 0 spiro atoms. The van der Waals surface area contributed by atoms with E-state index in [1.165, 1.54) is 44.3 Å². The van der Waals surface area contributed by atoms with E-state index in [1.807, 2.05) is 13.2 Å². The standard InChI is InChI=1S/C18H28N2O/c1-16-6-13-7-17(2,10-16)12-18(8-13,11-16)14-9-20-15(21-14)4-5-19-3/h9,13,19H,4-8,10-12H2,1-3H3. The van der Waals surface area contributed by atoms with Crippen LogP contribution in [-0.4, -0.2) is 18.6 Å². The molecule has 1 heterocycles. The van der Waals surface area contributed by atoms with E-state index in [1.54, 1.807) is 0 Å². The Morgan fingerprint density at radius 3 is 2.52 bits per heavy atom. The second-order valence-electron chi connectivity index (χ2n) is 8.88. The summed E-state index contributed by atoms with van der Waals surface area (Å²) in [6, 6.07) is 0. The predicted molar refractivity (Wildman–Crippen MR) is 83.2 cm³/mol. The molecular formula is C18H28N2O. The van der Waals surface area contributed by atoms with E-state index >= 15 is 0 Å². The van der Waals surface area contributed by atoms with Crippen LogP contribution in [0.2, 0.25) is 0 Å². The molecule has 0 aliphatic heterocycles. The van der Waals surface area contributed by atoms with E-state index in [4.69, 9.17) is 4.42 Å². The van der Waals surface area contributed by atoms with Gasteiger partial charge in [-0.25, -0.2) is 4.98 Å². The lowest BCUT2D eigenvalue weighted by Gasteiger charge is -2.64. The molecule has 4 bridgehead atoms. The van der Waals surface area contributed by atoms with Gasteiger partial charge in [0.2, 0.25) is 0 Å². The van der Waals surface area contributed by atoms with E-state index in [0.29, 0.717) is 10.8 Å². The van der Waals surface area contributed by atoms with Crippen molar-refractivity contribution in [2.45, 2.75) is 64.2 Å². The van der Waals surface area contributed by atoms with Gasteiger partial charge in [-0.05, 0) is 62.3 Å². The van der Waals surface area contributed by atoms with Gasteiger partial charge in [-0.15, -0.1) is 0 Å². The topological polar surface area (TPSA) is 38.1 Å². The van der Waals surface area contributed by atoms with E-state index < -0.39 is 0 Å². The van der Waals surface area contributed by atoms with Gasteiger partial charge in [0.1, 0.15) is 5.76 Å². The van der Waals surface area contributed by atoms with Crippen LogP contribution in [0.15, 0.2) is 10.6 Å². The molecule has 0 amide bonds. The maximum atomic E-state index is 6.21. The Morgan fingerprint density at radius 1 is 1.19 bits per heavy atom. The van der Waals surface area contributed by atoms with Crippen molar-refractivity contribution in [3.8, 4) is 0 Å². The molecule has 0 saturated heterocycles. The summed E-state index contributed by atoms with van der Waals surface area (Å²) in [4.78, 5) is 4.55. The van der Waals surface area contributed by atoms with Crippen LogP contribution >= 0.6 is 0 Å². The first-order valence-electron chi connectivity index (χ1n) is 8.54. The molecule has 0 aromatic carbocycles. The zero-order valence-corrected chi connectivity index (χ0v) is 13.7. The summed E-state index contributed by atoms with van der Waals surface area (Å²) in [7, 11) is 1.98. The van der Waals surface area contributed by atoms with Crippen molar-refractivity contribution in [1.29, 1.82) is 0 Å². The molecule has 21 heavy (non-hydrogen) atoms. The molecule has 4 fully saturated rings. The van der Waals surface area contributed by atoms with Crippen molar-refractivity contribution in [2.24, 2.45) is 16.7 Å². The maximum absolute atomic E-state index is 6.21. The number of nitrogens with one attached hydrogen (secondary N) is 1. The molecule has 5 rings (SSSR count). The summed E-state index contributed by atoms with van der Waals surface area (Å²) in [5, 5.41) is 3.17. The molecule has 4 aliphatic carbocycles. The van der Waals surface area contributed by atoms with Crippen LogP contribution in [0, 0.1) is 16.7 Å². The second kappa shape index (κ2) is 4.34. The van der Waals surface area contributed by atoms with Gasteiger partial charge in [-0.1, -0.05) is 13.8 Å². The van der Waals surface area contributed by atoms with Crippen LogP contribution in [0.5, 0.6) is 0 Å². The molecule has 2 unspecified atom stereocenters. The minimum Gasteiger partial charge on any atom is -0.445 e. The molecule has 2 atom stereocenters. The summed E-state index contributed by atoms with van der Waals surface area (Å²) in [5.74, 6) is 3.00. The first kappa shape index (κ1) is 13.8. The van der Waals surface area contributed by atoms with Gasteiger partial charge in [-0.3, -0.25) is 0 Å². The van der Waals surface area contributed by atoms with Crippen molar-refractivity contribution in [3.05, 3.63) is 17.8 Å². The van der Waals surface area contributed by atoms with Crippen molar-refractivity contribution < 1.29 is 4.42 Å². The molecule has 116 valence electrons. The summed E-state index contributed by atoms with van der Waals surface area (Å²) in [6.07, 6.45) is 11.2. The minimum absolute atomic E-state index is 0.286. The molecule has 3 heteroatoms. The number of rotatable bonds is 4. The Kier molecular flexibility index (Phi) is 2.86. The maximum Gasteiger partial charge on any atom is 0.195 e. The monoisotopic (exact) mass is 288 g/mol. The summed E-state index contributed by atoms with van der Waals surface area (Å²) < 4.78 is 6.21. The summed E-state index contributed by atoms with van der Waals surface area (Å²) >= 11 is 0. The third-order valence-corrected chi connectivity index (χ3v) is 6.29. The number of aromatic nitrogens is 1. The molecule has 3 nitrogen and oxygen atoms in total. The van der Waals surface area contributed by atoms with Crippen LogP contribution in [0.25, 0.3) is 0 Å². The Labute approximate surface area is 127 Å². The molecule has 1 aromatic heterocycles. The minimum atomic E-state index is 0.286. The van der Waals surface area contributed by atoms with E-state index in [0.717, 1.165) is 24.8 Å². The Balaban J connectivity index is 1.66. The highest BCUT2D eigenvalue weighted by Crippen LogP contribution is 2.69. The number of likely N-dealkylation sites (N-methyl/N-ethyl adjacent to an activating group) is 1.